The topological polar surface area (TPSA) is 46.2 Å². The van der Waals surface area contributed by atoms with Gasteiger partial charge in [-0.1, -0.05) is 0 Å². The summed E-state index contributed by atoms with van der Waals surface area (Å²) in [7, 11) is 0. The van der Waals surface area contributed by atoms with E-state index in [-0.39, 0.29) is 11.7 Å². The molecule has 1 amide bonds. The third-order valence-corrected chi connectivity index (χ3v) is 4.86. The van der Waals surface area contributed by atoms with Crippen LogP contribution in [0, 0.1) is 13.8 Å². The Morgan fingerprint density at radius 1 is 1.19 bits per heavy atom. The number of amides is 1. The summed E-state index contributed by atoms with van der Waals surface area (Å²) in [6.45, 7) is 5.48. The van der Waals surface area contributed by atoms with Gasteiger partial charge in [0.05, 0.1) is 5.75 Å². The van der Waals surface area contributed by atoms with E-state index in [0.29, 0.717) is 5.75 Å². The Morgan fingerprint density at radius 3 is 2.38 bits per heavy atom. The first-order valence-corrected chi connectivity index (χ1v) is 8.36. The van der Waals surface area contributed by atoms with Crippen LogP contribution in [0.2, 0.25) is 0 Å². The molecule has 21 heavy (non-hydrogen) atoms. The summed E-state index contributed by atoms with van der Waals surface area (Å²) in [6.07, 6.45) is 0. The molecular formula is C16H17NO2S2. The van der Waals surface area contributed by atoms with Crippen molar-refractivity contribution in [1.29, 1.82) is 0 Å². The highest BCUT2D eigenvalue weighted by Gasteiger charge is 2.12. The van der Waals surface area contributed by atoms with Crippen LogP contribution < -0.4 is 5.32 Å². The molecule has 0 atom stereocenters. The maximum Gasteiger partial charge on any atom is 0.221 e. The van der Waals surface area contributed by atoms with Crippen molar-refractivity contribution in [1.82, 2.24) is 0 Å². The minimum Gasteiger partial charge on any atom is -0.326 e. The van der Waals surface area contributed by atoms with Gasteiger partial charge in [-0.15, -0.1) is 23.1 Å². The lowest BCUT2D eigenvalue weighted by Gasteiger charge is -2.04. The minimum atomic E-state index is -0.0890. The van der Waals surface area contributed by atoms with Gasteiger partial charge in [0.2, 0.25) is 5.91 Å². The number of aryl methyl sites for hydroxylation is 2. The van der Waals surface area contributed by atoms with Crippen molar-refractivity contribution in [3.05, 3.63) is 45.6 Å². The molecule has 0 spiro atoms. The first-order chi connectivity index (χ1) is 9.95. The number of nitrogens with one attached hydrogen (secondary N) is 1. The summed E-state index contributed by atoms with van der Waals surface area (Å²) in [5, 5.41) is 2.72. The molecule has 0 bridgehead atoms. The maximum absolute atomic E-state index is 12.2. The standard InChI is InChI=1S/C16H17NO2S2/c1-10-8-15(11(2)21-10)16(19)9-20-14-6-4-13(5-7-14)17-12(3)18/h4-8H,9H2,1-3H3,(H,17,18). The maximum atomic E-state index is 12.2. The highest BCUT2D eigenvalue weighted by Crippen LogP contribution is 2.25. The Morgan fingerprint density at radius 2 is 1.86 bits per heavy atom. The monoisotopic (exact) mass is 319 g/mol. The van der Waals surface area contributed by atoms with Crippen LogP contribution in [0.1, 0.15) is 27.0 Å². The predicted octanol–water partition coefficient (Wildman–Crippen LogP) is 4.30. The quantitative estimate of drug-likeness (QED) is 0.660. The molecule has 2 aromatic rings. The third kappa shape index (κ3) is 4.44. The first-order valence-electron chi connectivity index (χ1n) is 6.56. The summed E-state index contributed by atoms with van der Waals surface area (Å²) in [5.41, 5.74) is 1.60. The minimum absolute atomic E-state index is 0.0890. The van der Waals surface area contributed by atoms with E-state index in [1.807, 2.05) is 44.2 Å². The van der Waals surface area contributed by atoms with Gasteiger partial charge < -0.3 is 5.32 Å². The van der Waals surface area contributed by atoms with E-state index in [1.54, 1.807) is 11.3 Å². The lowest BCUT2D eigenvalue weighted by atomic mass is 10.2. The molecule has 0 fully saturated rings. The van der Waals surface area contributed by atoms with Gasteiger partial charge in [-0.25, -0.2) is 0 Å². The van der Waals surface area contributed by atoms with Crippen LogP contribution in [0.3, 0.4) is 0 Å². The number of anilines is 1. The van der Waals surface area contributed by atoms with Gasteiger partial charge in [0, 0.05) is 32.8 Å². The number of carbonyl (C=O) groups excluding carboxylic acids is 2. The highest BCUT2D eigenvalue weighted by atomic mass is 32.2. The van der Waals surface area contributed by atoms with Crippen molar-refractivity contribution in [2.75, 3.05) is 11.1 Å². The molecule has 1 aromatic heterocycles. The second-order valence-electron chi connectivity index (χ2n) is 4.74. The number of benzene rings is 1. The summed E-state index contributed by atoms with van der Waals surface area (Å²) in [4.78, 5) is 26.4. The average Bonchev–Trinajstić information content (AvgIpc) is 2.76. The van der Waals surface area contributed by atoms with Crippen molar-refractivity contribution < 1.29 is 9.59 Å². The fourth-order valence-electron chi connectivity index (χ4n) is 1.97. The summed E-state index contributed by atoms with van der Waals surface area (Å²) in [5.74, 6) is 0.498. The zero-order valence-corrected chi connectivity index (χ0v) is 13.9. The van der Waals surface area contributed by atoms with Crippen molar-refractivity contribution in [2.24, 2.45) is 0 Å². The van der Waals surface area contributed by atoms with E-state index in [2.05, 4.69) is 5.32 Å². The molecule has 3 nitrogen and oxygen atoms in total. The number of hydrogen-bond donors (Lipinski definition) is 1. The number of ketones is 1. The molecule has 1 aromatic carbocycles. The molecule has 1 N–H and O–H groups in total. The van der Waals surface area contributed by atoms with E-state index >= 15 is 0 Å². The molecule has 0 aliphatic rings. The molecule has 5 heteroatoms. The van der Waals surface area contributed by atoms with Crippen LogP contribution in [0.4, 0.5) is 5.69 Å². The lowest BCUT2D eigenvalue weighted by molar-refractivity contribution is -0.114. The summed E-state index contributed by atoms with van der Waals surface area (Å²) >= 11 is 3.17. The molecule has 0 radical (unpaired) electrons. The van der Waals surface area contributed by atoms with Crippen LogP contribution in [-0.4, -0.2) is 17.4 Å². The normalized spacial score (nSPS) is 10.4. The Balaban J connectivity index is 1.95. The Hall–Kier alpha value is -1.59. The molecule has 110 valence electrons. The lowest BCUT2D eigenvalue weighted by Crippen LogP contribution is -2.05. The Labute approximate surface area is 132 Å². The van der Waals surface area contributed by atoms with E-state index in [4.69, 9.17) is 0 Å². The van der Waals surface area contributed by atoms with Gasteiger partial charge in [-0.2, -0.15) is 0 Å². The largest absolute Gasteiger partial charge is 0.326 e. The van der Waals surface area contributed by atoms with Crippen LogP contribution in [0.5, 0.6) is 0 Å². The zero-order valence-electron chi connectivity index (χ0n) is 12.2. The fraction of sp³-hybridized carbons (Fsp3) is 0.250. The van der Waals surface area contributed by atoms with E-state index in [1.165, 1.54) is 23.6 Å². The number of thioether (sulfide) groups is 1. The van der Waals surface area contributed by atoms with Crippen molar-refractivity contribution >= 4 is 40.5 Å². The van der Waals surface area contributed by atoms with Crippen molar-refractivity contribution in [3.63, 3.8) is 0 Å². The van der Waals surface area contributed by atoms with Crippen LogP contribution in [0.25, 0.3) is 0 Å². The molecular weight excluding hydrogens is 302 g/mol. The number of rotatable bonds is 5. The smallest absolute Gasteiger partial charge is 0.221 e. The van der Waals surface area contributed by atoms with E-state index in [9.17, 15) is 9.59 Å². The second-order valence-corrected chi connectivity index (χ2v) is 7.25. The number of Topliss-reactive ketones (excluding diaryl/α,β-unsaturated/α-hetero) is 1. The molecule has 0 saturated heterocycles. The third-order valence-electron chi connectivity index (χ3n) is 2.89. The van der Waals surface area contributed by atoms with Crippen LogP contribution in [0.15, 0.2) is 35.2 Å². The number of carbonyl (C=O) groups is 2. The number of thiophene rings is 1. The van der Waals surface area contributed by atoms with Crippen molar-refractivity contribution in [2.45, 2.75) is 25.7 Å². The Bertz CT molecular complexity index is 659. The number of hydrogen-bond acceptors (Lipinski definition) is 4. The molecule has 0 unspecified atom stereocenters. The fourth-order valence-corrected chi connectivity index (χ4v) is 3.70. The molecule has 0 aliphatic heterocycles. The summed E-state index contributed by atoms with van der Waals surface area (Å²) in [6, 6.07) is 9.47. The van der Waals surface area contributed by atoms with E-state index < -0.39 is 0 Å². The van der Waals surface area contributed by atoms with Crippen LogP contribution in [-0.2, 0) is 4.79 Å². The van der Waals surface area contributed by atoms with Gasteiger partial charge in [0.25, 0.3) is 0 Å². The second kappa shape index (κ2) is 6.91. The van der Waals surface area contributed by atoms with Crippen LogP contribution >= 0.6 is 23.1 Å². The highest BCUT2D eigenvalue weighted by molar-refractivity contribution is 8.00. The molecule has 2 rings (SSSR count). The van der Waals surface area contributed by atoms with Crippen molar-refractivity contribution in [3.8, 4) is 0 Å². The average molecular weight is 319 g/mol. The predicted molar refractivity (Wildman–Crippen MR) is 89.6 cm³/mol. The van der Waals surface area contributed by atoms with Gasteiger partial charge >= 0.3 is 0 Å². The SMILES string of the molecule is CC(=O)Nc1ccc(SCC(=O)c2cc(C)sc2C)cc1. The van der Waals surface area contributed by atoms with Gasteiger partial charge in [-0.05, 0) is 44.2 Å². The molecule has 0 saturated carbocycles. The van der Waals surface area contributed by atoms with Gasteiger partial charge in [0.1, 0.15) is 0 Å². The van der Waals surface area contributed by atoms with Gasteiger partial charge in [0.15, 0.2) is 5.78 Å². The van der Waals surface area contributed by atoms with Gasteiger partial charge in [-0.3, -0.25) is 9.59 Å². The molecule has 0 aliphatic carbocycles. The van der Waals surface area contributed by atoms with E-state index in [0.717, 1.165) is 21.0 Å². The summed E-state index contributed by atoms with van der Waals surface area (Å²) < 4.78 is 0. The zero-order chi connectivity index (χ0) is 15.4. The first kappa shape index (κ1) is 15.8. The molecule has 1 heterocycles. The Kier molecular flexibility index (Phi) is 5.20.